The van der Waals surface area contributed by atoms with Crippen molar-refractivity contribution in [3.8, 4) is 0 Å². The van der Waals surface area contributed by atoms with Crippen molar-refractivity contribution in [2.75, 3.05) is 32.4 Å². The van der Waals surface area contributed by atoms with Crippen LogP contribution < -0.4 is 5.32 Å². The van der Waals surface area contributed by atoms with Crippen LogP contribution in [0.4, 0.5) is 0 Å². The van der Waals surface area contributed by atoms with Gasteiger partial charge < -0.3 is 10.2 Å². The Hall–Kier alpha value is -0.230. The summed E-state index contributed by atoms with van der Waals surface area (Å²) in [6.45, 7) is 7.06. The predicted octanol–water partition coefficient (Wildman–Crippen LogP) is 4.04. The molecule has 2 rings (SSSR count). The molecule has 1 fully saturated rings. The lowest BCUT2D eigenvalue weighted by atomic mass is 9.97. The second kappa shape index (κ2) is 9.92. The van der Waals surface area contributed by atoms with Gasteiger partial charge in [0.2, 0.25) is 5.91 Å². The predicted molar refractivity (Wildman–Crippen MR) is 105 cm³/mol. The van der Waals surface area contributed by atoms with Crippen molar-refractivity contribution in [1.29, 1.82) is 0 Å². The standard InChI is InChI=1S/C17H25BrN2OS.ClH/c1-12-9-16(13(2)8-15(12)18)22-11-17(21)20-6-4-14(5-7-20)10-19-3;/h8-9,14,19H,4-7,10-11H2,1-3H3;1H. The highest BCUT2D eigenvalue weighted by molar-refractivity contribution is 9.10. The summed E-state index contributed by atoms with van der Waals surface area (Å²) in [6, 6.07) is 4.29. The van der Waals surface area contributed by atoms with E-state index in [4.69, 9.17) is 0 Å². The Balaban J connectivity index is 0.00000264. The third kappa shape index (κ3) is 5.96. The minimum Gasteiger partial charge on any atom is -0.342 e. The first-order valence-corrected chi connectivity index (χ1v) is 9.61. The lowest BCUT2D eigenvalue weighted by Gasteiger charge is -2.32. The van der Waals surface area contributed by atoms with Crippen molar-refractivity contribution in [2.45, 2.75) is 31.6 Å². The molecule has 1 heterocycles. The fraction of sp³-hybridized carbons (Fsp3) is 0.588. The number of aryl methyl sites for hydroxylation is 2. The minimum absolute atomic E-state index is 0. The molecule has 1 aromatic rings. The lowest BCUT2D eigenvalue weighted by molar-refractivity contribution is -0.129. The quantitative estimate of drug-likeness (QED) is 0.728. The molecular weight excluding hydrogens is 396 g/mol. The zero-order valence-electron chi connectivity index (χ0n) is 14.0. The van der Waals surface area contributed by atoms with E-state index in [1.807, 2.05) is 11.9 Å². The highest BCUT2D eigenvalue weighted by Crippen LogP contribution is 2.29. The summed E-state index contributed by atoms with van der Waals surface area (Å²) in [5, 5.41) is 3.23. The van der Waals surface area contributed by atoms with Crippen LogP contribution in [0.5, 0.6) is 0 Å². The van der Waals surface area contributed by atoms with Gasteiger partial charge in [0.1, 0.15) is 0 Å². The van der Waals surface area contributed by atoms with Crippen LogP contribution in [-0.2, 0) is 4.79 Å². The fourth-order valence-corrected chi connectivity index (χ4v) is 4.28. The van der Waals surface area contributed by atoms with Crippen molar-refractivity contribution in [1.82, 2.24) is 10.2 Å². The van der Waals surface area contributed by atoms with E-state index in [-0.39, 0.29) is 18.3 Å². The number of carbonyl (C=O) groups is 1. The molecule has 1 N–H and O–H groups in total. The summed E-state index contributed by atoms with van der Waals surface area (Å²) in [4.78, 5) is 15.6. The van der Waals surface area contributed by atoms with E-state index in [2.05, 4.69) is 47.2 Å². The van der Waals surface area contributed by atoms with E-state index in [1.165, 1.54) is 16.0 Å². The molecular formula is C17H26BrClN2OS. The average molecular weight is 422 g/mol. The first-order valence-electron chi connectivity index (χ1n) is 7.83. The average Bonchev–Trinajstić information content (AvgIpc) is 2.50. The van der Waals surface area contributed by atoms with Crippen LogP contribution in [0.25, 0.3) is 0 Å². The molecule has 1 aliphatic heterocycles. The van der Waals surface area contributed by atoms with Gasteiger partial charge in [-0.05, 0) is 69.5 Å². The molecule has 1 saturated heterocycles. The summed E-state index contributed by atoms with van der Waals surface area (Å²) >= 11 is 5.21. The number of benzene rings is 1. The summed E-state index contributed by atoms with van der Waals surface area (Å²) in [5.41, 5.74) is 2.44. The molecule has 0 bridgehead atoms. The first kappa shape index (κ1) is 20.8. The van der Waals surface area contributed by atoms with E-state index in [9.17, 15) is 4.79 Å². The van der Waals surface area contributed by atoms with Crippen molar-refractivity contribution in [3.63, 3.8) is 0 Å². The monoisotopic (exact) mass is 420 g/mol. The highest BCUT2D eigenvalue weighted by atomic mass is 79.9. The molecule has 0 saturated carbocycles. The van der Waals surface area contributed by atoms with Crippen LogP contribution in [0.1, 0.15) is 24.0 Å². The van der Waals surface area contributed by atoms with Crippen LogP contribution >= 0.6 is 40.1 Å². The van der Waals surface area contributed by atoms with E-state index < -0.39 is 0 Å². The van der Waals surface area contributed by atoms with Crippen molar-refractivity contribution < 1.29 is 4.79 Å². The van der Waals surface area contributed by atoms with Crippen LogP contribution in [0, 0.1) is 19.8 Å². The number of rotatable bonds is 5. The number of hydrogen-bond donors (Lipinski definition) is 1. The molecule has 0 aliphatic carbocycles. The normalized spacial score (nSPS) is 15.4. The Labute approximate surface area is 158 Å². The van der Waals surface area contributed by atoms with Crippen molar-refractivity contribution in [3.05, 3.63) is 27.7 Å². The molecule has 1 aromatic carbocycles. The van der Waals surface area contributed by atoms with Gasteiger partial charge in [0.05, 0.1) is 5.75 Å². The topological polar surface area (TPSA) is 32.3 Å². The number of amides is 1. The largest absolute Gasteiger partial charge is 0.342 e. The summed E-state index contributed by atoms with van der Waals surface area (Å²) in [6.07, 6.45) is 2.24. The maximum atomic E-state index is 12.4. The molecule has 0 unspecified atom stereocenters. The molecule has 3 nitrogen and oxygen atoms in total. The zero-order chi connectivity index (χ0) is 16.1. The third-order valence-electron chi connectivity index (χ3n) is 4.27. The number of carbonyl (C=O) groups excluding carboxylic acids is 1. The summed E-state index contributed by atoms with van der Waals surface area (Å²) in [5.74, 6) is 1.53. The van der Waals surface area contributed by atoms with Crippen LogP contribution in [0.15, 0.2) is 21.5 Å². The number of hydrogen-bond acceptors (Lipinski definition) is 3. The second-order valence-corrected chi connectivity index (χ2v) is 7.91. The number of nitrogens with zero attached hydrogens (tertiary/aromatic N) is 1. The molecule has 0 atom stereocenters. The van der Waals surface area contributed by atoms with Gasteiger partial charge in [-0.1, -0.05) is 15.9 Å². The zero-order valence-corrected chi connectivity index (χ0v) is 17.2. The van der Waals surface area contributed by atoms with Gasteiger partial charge in [0.15, 0.2) is 0 Å². The summed E-state index contributed by atoms with van der Waals surface area (Å²) < 4.78 is 1.13. The van der Waals surface area contributed by atoms with Crippen molar-refractivity contribution in [2.24, 2.45) is 5.92 Å². The number of thioether (sulfide) groups is 1. The second-order valence-electron chi connectivity index (χ2n) is 6.04. The van der Waals surface area contributed by atoms with Gasteiger partial charge >= 0.3 is 0 Å². The molecule has 130 valence electrons. The molecule has 6 heteroatoms. The van der Waals surface area contributed by atoms with Crippen LogP contribution in [0.3, 0.4) is 0 Å². The Bertz CT molecular complexity index is 534. The third-order valence-corrected chi connectivity index (χ3v) is 6.26. The van der Waals surface area contributed by atoms with Crippen LogP contribution in [-0.4, -0.2) is 43.2 Å². The van der Waals surface area contributed by atoms with E-state index in [0.29, 0.717) is 5.75 Å². The van der Waals surface area contributed by atoms with Gasteiger partial charge in [-0.25, -0.2) is 0 Å². The Morgan fingerprint density at radius 1 is 1.30 bits per heavy atom. The molecule has 0 spiro atoms. The molecule has 0 radical (unpaired) electrons. The SMILES string of the molecule is CNCC1CCN(C(=O)CSc2cc(C)c(Br)cc2C)CC1.Cl. The minimum atomic E-state index is 0. The highest BCUT2D eigenvalue weighted by Gasteiger charge is 2.22. The maximum absolute atomic E-state index is 12.4. The lowest BCUT2D eigenvalue weighted by Crippen LogP contribution is -2.41. The van der Waals surface area contributed by atoms with Gasteiger partial charge in [-0.2, -0.15) is 0 Å². The molecule has 23 heavy (non-hydrogen) atoms. The maximum Gasteiger partial charge on any atom is 0.232 e. The number of nitrogens with one attached hydrogen (secondary N) is 1. The molecule has 0 aromatic heterocycles. The number of halogens is 2. The molecule has 1 amide bonds. The first-order chi connectivity index (χ1) is 10.5. The molecule has 1 aliphatic rings. The summed E-state index contributed by atoms with van der Waals surface area (Å²) in [7, 11) is 2.00. The van der Waals surface area contributed by atoms with E-state index in [0.717, 1.165) is 42.9 Å². The van der Waals surface area contributed by atoms with E-state index >= 15 is 0 Å². The Morgan fingerprint density at radius 3 is 2.57 bits per heavy atom. The van der Waals surface area contributed by atoms with Gasteiger partial charge in [-0.15, -0.1) is 24.2 Å². The Morgan fingerprint density at radius 2 is 1.96 bits per heavy atom. The van der Waals surface area contributed by atoms with E-state index in [1.54, 1.807) is 11.8 Å². The van der Waals surface area contributed by atoms with Crippen molar-refractivity contribution >= 4 is 46.0 Å². The van der Waals surface area contributed by atoms with Crippen LogP contribution in [0.2, 0.25) is 0 Å². The van der Waals surface area contributed by atoms with Gasteiger partial charge in [-0.3, -0.25) is 4.79 Å². The smallest absolute Gasteiger partial charge is 0.232 e. The van der Waals surface area contributed by atoms with Gasteiger partial charge in [0.25, 0.3) is 0 Å². The number of likely N-dealkylation sites (tertiary alicyclic amines) is 1. The number of piperidine rings is 1. The fourth-order valence-electron chi connectivity index (χ4n) is 2.82. The van der Waals surface area contributed by atoms with Gasteiger partial charge in [0, 0.05) is 22.5 Å². The Kier molecular flexibility index (Phi) is 8.98.